The van der Waals surface area contributed by atoms with E-state index in [1.54, 1.807) is 0 Å². The maximum atomic E-state index is 12.4. The lowest BCUT2D eigenvalue weighted by Crippen LogP contribution is -2.34. The summed E-state index contributed by atoms with van der Waals surface area (Å²) in [6.07, 6.45) is -2.27. The lowest BCUT2D eigenvalue weighted by molar-refractivity contribution is -0.274. The Balaban J connectivity index is 1.71. The highest BCUT2D eigenvalue weighted by Gasteiger charge is 2.31. The van der Waals surface area contributed by atoms with Crippen LogP contribution >= 0.6 is 0 Å². The number of fused-ring (bicyclic) bond motifs is 1. The van der Waals surface area contributed by atoms with E-state index in [4.69, 9.17) is 0 Å². The molecule has 3 rings (SSSR count). The van der Waals surface area contributed by atoms with Crippen molar-refractivity contribution in [3.63, 3.8) is 0 Å². The number of carbonyl (C=O) groups is 1. The molecule has 1 aliphatic carbocycles. The van der Waals surface area contributed by atoms with E-state index in [1.165, 1.54) is 25.1 Å². The SMILES string of the molecule is CC(C(=O)Nc1ccc(OC(F)(F)F)cc1)n1nc2c(cc1=O)CCC2. The summed E-state index contributed by atoms with van der Waals surface area (Å²) < 4.78 is 41.3. The molecular weight excluding hydrogens is 351 g/mol. The number of hydrogen-bond acceptors (Lipinski definition) is 4. The second kappa shape index (κ2) is 6.81. The van der Waals surface area contributed by atoms with Crippen LogP contribution in [0.15, 0.2) is 35.1 Å². The number of benzene rings is 1. The van der Waals surface area contributed by atoms with Gasteiger partial charge >= 0.3 is 6.36 Å². The van der Waals surface area contributed by atoms with E-state index in [2.05, 4.69) is 15.2 Å². The summed E-state index contributed by atoms with van der Waals surface area (Å²) in [4.78, 5) is 24.5. The third kappa shape index (κ3) is 4.04. The molecule has 138 valence electrons. The van der Waals surface area contributed by atoms with Gasteiger partial charge in [0, 0.05) is 11.8 Å². The molecule has 0 saturated carbocycles. The van der Waals surface area contributed by atoms with Crippen molar-refractivity contribution in [1.82, 2.24) is 9.78 Å². The van der Waals surface area contributed by atoms with Gasteiger partial charge in [-0.05, 0) is 56.0 Å². The van der Waals surface area contributed by atoms with Gasteiger partial charge in [0.1, 0.15) is 11.8 Å². The molecule has 0 aliphatic heterocycles. The van der Waals surface area contributed by atoms with Gasteiger partial charge in [-0.1, -0.05) is 0 Å². The van der Waals surface area contributed by atoms with Gasteiger partial charge < -0.3 is 10.1 Å². The summed E-state index contributed by atoms with van der Waals surface area (Å²) in [6, 6.07) is 5.39. The maximum absolute atomic E-state index is 12.4. The highest BCUT2D eigenvalue weighted by Crippen LogP contribution is 2.24. The molecule has 1 atom stereocenters. The molecule has 6 nitrogen and oxygen atoms in total. The van der Waals surface area contributed by atoms with Gasteiger partial charge in [0.25, 0.3) is 5.56 Å². The van der Waals surface area contributed by atoms with Crippen LogP contribution in [0.25, 0.3) is 0 Å². The number of aromatic nitrogens is 2. The van der Waals surface area contributed by atoms with Crippen LogP contribution in [0.1, 0.15) is 30.6 Å². The third-order valence-corrected chi connectivity index (χ3v) is 4.08. The number of alkyl halides is 3. The molecule has 1 N–H and O–H groups in total. The van der Waals surface area contributed by atoms with Crippen molar-refractivity contribution in [2.45, 2.75) is 38.6 Å². The molecule has 0 bridgehead atoms. The van der Waals surface area contributed by atoms with Gasteiger partial charge in [0.05, 0.1) is 5.69 Å². The first kappa shape index (κ1) is 18.0. The Morgan fingerprint density at radius 3 is 2.62 bits per heavy atom. The molecule has 1 aromatic carbocycles. The number of rotatable bonds is 4. The minimum absolute atomic E-state index is 0.283. The first-order chi connectivity index (χ1) is 12.2. The Kier molecular flexibility index (Phi) is 4.71. The first-order valence-electron chi connectivity index (χ1n) is 8.01. The Morgan fingerprint density at radius 2 is 1.96 bits per heavy atom. The van der Waals surface area contributed by atoms with Gasteiger partial charge in [-0.25, -0.2) is 4.68 Å². The van der Waals surface area contributed by atoms with Crippen LogP contribution < -0.4 is 15.6 Å². The lowest BCUT2D eigenvalue weighted by atomic mass is 10.2. The molecular formula is C17H16F3N3O3. The molecule has 0 radical (unpaired) electrons. The number of hydrogen-bond donors (Lipinski definition) is 1. The molecule has 0 saturated heterocycles. The van der Waals surface area contributed by atoms with E-state index in [0.717, 1.165) is 47.3 Å². The normalized spacial score (nSPS) is 14.6. The first-order valence-corrected chi connectivity index (χ1v) is 8.01. The number of halogens is 3. The standard InChI is InChI=1S/C17H16F3N3O3/c1-10(23-15(24)9-11-3-2-4-14(11)22-23)16(25)21-12-5-7-13(8-6-12)26-17(18,19)20/h5-10H,2-4H2,1H3,(H,21,25). The van der Waals surface area contributed by atoms with Crippen LogP contribution in [-0.2, 0) is 17.6 Å². The van der Waals surface area contributed by atoms with Crippen LogP contribution in [0.5, 0.6) is 5.75 Å². The van der Waals surface area contributed by atoms with Crippen LogP contribution in [0.2, 0.25) is 0 Å². The summed E-state index contributed by atoms with van der Waals surface area (Å²) in [5.74, 6) is -0.887. The summed E-state index contributed by atoms with van der Waals surface area (Å²) in [7, 11) is 0. The van der Waals surface area contributed by atoms with Crippen LogP contribution in [-0.4, -0.2) is 22.1 Å². The third-order valence-electron chi connectivity index (χ3n) is 4.08. The quantitative estimate of drug-likeness (QED) is 0.902. The molecule has 26 heavy (non-hydrogen) atoms. The molecule has 9 heteroatoms. The second-order valence-electron chi connectivity index (χ2n) is 5.99. The van der Waals surface area contributed by atoms with E-state index in [0.29, 0.717) is 0 Å². The molecule has 1 aromatic heterocycles. The number of nitrogens with zero attached hydrogens (tertiary/aromatic N) is 2. The Bertz CT molecular complexity index is 876. The Hall–Kier alpha value is -2.84. The maximum Gasteiger partial charge on any atom is 0.573 e. The van der Waals surface area contributed by atoms with Crippen molar-refractivity contribution < 1.29 is 22.7 Å². The zero-order valence-electron chi connectivity index (χ0n) is 13.8. The number of nitrogens with one attached hydrogen (secondary N) is 1. The molecule has 1 heterocycles. The van der Waals surface area contributed by atoms with E-state index in [1.807, 2.05) is 0 Å². The van der Waals surface area contributed by atoms with Gasteiger partial charge in [-0.15, -0.1) is 13.2 Å². The topological polar surface area (TPSA) is 73.2 Å². The summed E-state index contributed by atoms with van der Waals surface area (Å²) in [5, 5.41) is 6.82. The van der Waals surface area contributed by atoms with Crippen molar-refractivity contribution >= 4 is 11.6 Å². The Labute approximate surface area is 146 Å². The smallest absolute Gasteiger partial charge is 0.406 e. The number of aryl methyl sites for hydroxylation is 2. The minimum Gasteiger partial charge on any atom is -0.406 e. The fourth-order valence-corrected chi connectivity index (χ4v) is 2.79. The van der Waals surface area contributed by atoms with E-state index >= 15 is 0 Å². The zero-order chi connectivity index (χ0) is 18.9. The van der Waals surface area contributed by atoms with Gasteiger partial charge in [-0.2, -0.15) is 5.10 Å². The predicted octanol–water partition coefficient (Wildman–Crippen LogP) is 2.83. The van der Waals surface area contributed by atoms with Gasteiger partial charge in [-0.3, -0.25) is 9.59 Å². The summed E-state index contributed by atoms with van der Waals surface area (Å²) >= 11 is 0. The van der Waals surface area contributed by atoms with E-state index in [-0.39, 0.29) is 17.0 Å². The van der Waals surface area contributed by atoms with Crippen molar-refractivity contribution in [3.05, 3.63) is 51.9 Å². The van der Waals surface area contributed by atoms with Crippen molar-refractivity contribution in [3.8, 4) is 5.75 Å². The average Bonchev–Trinajstić information content (AvgIpc) is 3.01. The van der Waals surface area contributed by atoms with Crippen LogP contribution in [0.4, 0.5) is 18.9 Å². The second-order valence-corrected chi connectivity index (χ2v) is 5.99. The van der Waals surface area contributed by atoms with Crippen molar-refractivity contribution in [2.24, 2.45) is 0 Å². The fourth-order valence-electron chi connectivity index (χ4n) is 2.79. The fraction of sp³-hybridized carbons (Fsp3) is 0.353. The number of carbonyl (C=O) groups excluding carboxylic acids is 1. The van der Waals surface area contributed by atoms with Gasteiger partial charge in [0.15, 0.2) is 0 Å². The van der Waals surface area contributed by atoms with Crippen LogP contribution in [0.3, 0.4) is 0 Å². The molecule has 1 amide bonds. The monoisotopic (exact) mass is 367 g/mol. The summed E-state index contributed by atoms with van der Waals surface area (Å²) in [5.41, 5.74) is 1.66. The highest BCUT2D eigenvalue weighted by atomic mass is 19.4. The van der Waals surface area contributed by atoms with Gasteiger partial charge in [0.2, 0.25) is 5.91 Å². The Morgan fingerprint density at radius 1 is 1.27 bits per heavy atom. The number of ether oxygens (including phenoxy) is 1. The van der Waals surface area contributed by atoms with Crippen molar-refractivity contribution in [2.75, 3.05) is 5.32 Å². The predicted molar refractivity (Wildman–Crippen MR) is 87.0 cm³/mol. The van der Waals surface area contributed by atoms with E-state index < -0.39 is 18.3 Å². The number of anilines is 1. The highest BCUT2D eigenvalue weighted by molar-refractivity contribution is 5.93. The van der Waals surface area contributed by atoms with Crippen LogP contribution in [0, 0.1) is 0 Å². The minimum atomic E-state index is -4.78. The van der Waals surface area contributed by atoms with Crippen molar-refractivity contribution in [1.29, 1.82) is 0 Å². The average molecular weight is 367 g/mol. The lowest BCUT2D eigenvalue weighted by Gasteiger charge is -2.15. The molecule has 1 unspecified atom stereocenters. The molecule has 1 aliphatic rings. The largest absolute Gasteiger partial charge is 0.573 e. The summed E-state index contributed by atoms with van der Waals surface area (Å²) in [6.45, 7) is 1.53. The zero-order valence-corrected chi connectivity index (χ0v) is 13.8. The number of amides is 1. The molecule has 2 aromatic rings. The molecule has 0 spiro atoms. The molecule has 0 fully saturated rings. The van der Waals surface area contributed by atoms with E-state index in [9.17, 15) is 22.8 Å².